The number of carbonyl (C=O) groups excluding carboxylic acids is 1. The summed E-state index contributed by atoms with van der Waals surface area (Å²) in [5.41, 5.74) is 4.34. The normalized spacial score (nSPS) is 16.2. The van der Waals surface area contributed by atoms with Gasteiger partial charge in [0.05, 0.1) is 11.8 Å². The average molecular weight is 343 g/mol. The highest BCUT2D eigenvalue weighted by Gasteiger charge is 2.23. The zero-order valence-electron chi connectivity index (χ0n) is 15.8. The molecule has 0 bridgehead atoms. The van der Waals surface area contributed by atoms with E-state index in [9.17, 15) is 4.79 Å². The minimum absolute atomic E-state index is 0.177. The molecule has 2 aromatic heterocycles. The minimum atomic E-state index is 0.177. The lowest BCUT2D eigenvalue weighted by molar-refractivity contribution is 0.0760. The van der Waals surface area contributed by atoms with Gasteiger partial charge in [0, 0.05) is 69.5 Å². The van der Waals surface area contributed by atoms with Crippen molar-refractivity contribution in [2.75, 3.05) is 26.2 Å². The number of amides is 1. The van der Waals surface area contributed by atoms with Crippen LogP contribution in [-0.4, -0.2) is 56.2 Å². The lowest BCUT2D eigenvalue weighted by Crippen LogP contribution is -2.35. The Morgan fingerprint density at radius 3 is 2.64 bits per heavy atom. The van der Waals surface area contributed by atoms with Crippen molar-refractivity contribution < 1.29 is 4.79 Å². The first kappa shape index (κ1) is 17.7. The molecule has 1 amide bonds. The molecule has 1 aliphatic heterocycles. The number of nitrogens with zero attached hydrogens (tertiary/aromatic N) is 5. The van der Waals surface area contributed by atoms with Crippen LogP contribution >= 0.6 is 0 Å². The number of aromatic nitrogens is 3. The molecule has 0 aliphatic carbocycles. The Morgan fingerprint density at radius 1 is 1.20 bits per heavy atom. The Labute approximate surface area is 150 Å². The summed E-state index contributed by atoms with van der Waals surface area (Å²) < 4.78 is 4.05. The molecule has 0 saturated carbocycles. The molecule has 0 aromatic carbocycles. The average Bonchev–Trinajstić information content (AvgIpc) is 3.01. The molecule has 2 aromatic rings. The predicted molar refractivity (Wildman–Crippen MR) is 98.6 cm³/mol. The molecule has 1 fully saturated rings. The molecule has 0 spiro atoms. The Kier molecular flexibility index (Phi) is 5.27. The molecule has 1 saturated heterocycles. The van der Waals surface area contributed by atoms with Crippen LogP contribution in [0.25, 0.3) is 0 Å². The van der Waals surface area contributed by atoms with Crippen LogP contribution in [0.15, 0.2) is 18.5 Å². The summed E-state index contributed by atoms with van der Waals surface area (Å²) in [6.45, 7) is 11.6. The van der Waals surface area contributed by atoms with Gasteiger partial charge in [0.1, 0.15) is 0 Å². The van der Waals surface area contributed by atoms with Crippen molar-refractivity contribution in [3.05, 3.63) is 41.0 Å². The molecule has 0 atom stereocenters. The second-order valence-electron chi connectivity index (χ2n) is 6.97. The Bertz CT molecular complexity index is 745. The van der Waals surface area contributed by atoms with Gasteiger partial charge in [-0.3, -0.25) is 14.4 Å². The molecule has 0 radical (unpaired) electrons. The highest BCUT2D eigenvalue weighted by molar-refractivity contribution is 5.95. The Balaban J connectivity index is 1.65. The van der Waals surface area contributed by atoms with E-state index >= 15 is 0 Å². The third kappa shape index (κ3) is 3.79. The molecule has 6 heteroatoms. The van der Waals surface area contributed by atoms with E-state index in [1.54, 1.807) is 0 Å². The standard InChI is InChI=1S/C19H29N5O/c1-5-24-15(2)11-18(16(24)3)19(25)23-8-6-7-22(9-10-23)14-17-12-20-21(4)13-17/h11-13H,5-10,14H2,1-4H3. The molecule has 0 N–H and O–H groups in total. The van der Waals surface area contributed by atoms with Gasteiger partial charge < -0.3 is 9.47 Å². The third-order valence-electron chi connectivity index (χ3n) is 5.16. The number of aryl methyl sites for hydroxylation is 2. The fraction of sp³-hybridized carbons (Fsp3) is 0.579. The summed E-state index contributed by atoms with van der Waals surface area (Å²) in [6, 6.07) is 2.04. The smallest absolute Gasteiger partial charge is 0.255 e. The summed E-state index contributed by atoms with van der Waals surface area (Å²) >= 11 is 0. The fourth-order valence-electron chi connectivity index (χ4n) is 3.82. The third-order valence-corrected chi connectivity index (χ3v) is 5.16. The minimum Gasteiger partial charge on any atom is -0.349 e. The van der Waals surface area contributed by atoms with E-state index in [2.05, 4.69) is 41.5 Å². The molecule has 3 heterocycles. The number of hydrogen-bond acceptors (Lipinski definition) is 3. The zero-order valence-corrected chi connectivity index (χ0v) is 15.8. The van der Waals surface area contributed by atoms with Crippen LogP contribution < -0.4 is 0 Å². The van der Waals surface area contributed by atoms with E-state index in [1.807, 2.05) is 28.9 Å². The molecular formula is C19H29N5O. The highest BCUT2D eigenvalue weighted by atomic mass is 16.2. The molecule has 136 valence electrons. The number of hydrogen-bond donors (Lipinski definition) is 0. The van der Waals surface area contributed by atoms with E-state index in [4.69, 9.17) is 0 Å². The van der Waals surface area contributed by atoms with Crippen molar-refractivity contribution in [1.29, 1.82) is 0 Å². The maximum Gasteiger partial charge on any atom is 0.255 e. The van der Waals surface area contributed by atoms with Gasteiger partial charge in [-0.05, 0) is 33.3 Å². The van der Waals surface area contributed by atoms with Crippen molar-refractivity contribution in [1.82, 2.24) is 24.1 Å². The molecule has 0 unspecified atom stereocenters. The van der Waals surface area contributed by atoms with Gasteiger partial charge in [-0.15, -0.1) is 0 Å². The van der Waals surface area contributed by atoms with Crippen molar-refractivity contribution in [2.24, 2.45) is 7.05 Å². The maximum absolute atomic E-state index is 13.0. The van der Waals surface area contributed by atoms with E-state index in [1.165, 1.54) is 5.56 Å². The van der Waals surface area contributed by atoms with Crippen LogP contribution in [0.1, 0.15) is 40.7 Å². The van der Waals surface area contributed by atoms with Gasteiger partial charge in [-0.25, -0.2) is 0 Å². The van der Waals surface area contributed by atoms with Crippen LogP contribution in [0.2, 0.25) is 0 Å². The second-order valence-corrected chi connectivity index (χ2v) is 6.97. The van der Waals surface area contributed by atoms with Crippen LogP contribution in [0.3, 0.4) is 0 Å². The molecule has 6 nitrogen and oxygen atoms in total. The Morgan fingerprint density at radius 2 is 2.00 bits per heavy atom. The number of carbonyl (C=O) groups is 1. The fourth-order valence-corrected chi connectivity index (χ4v) is 3.82. The van der Waals surface area contributed by atoms with Gasteiger partial charge in [0.2, 0.25) is 0 Å². The quantitative estimate of drug-likeness (QED) is 0.855. The summed E-state index contributed by atoms with van der Waals surface area (Å²) in [7, 11) is 1.94. The highest BCUT2D eigenvalue weighted by Crippen LogP contribution is 2.18. The van der Waals surface area contributed by atoms with Gasteiger partial charge in [-0.1, -0.05) is 0 Å². The van der Waals surface area contributed by atoms with Crippen molar-refractivity contribution >= 4 is 5.91 Å². The molecule has 25 heavy (non-hydrogen) atoms. The van der Waals surface area contributed by atoms with Crippen LogP contribution in [0.5, 0.6) is 0 Å². The zero-order chi connectivity index (χ0) is 18.0. The summed E-state index contributed by atoms with van der Waals surface area (Å²) in [5.74, 6) is 0.177. The SMILES string of the molecule is CCn1c(C)cc(C(=O)N2CCCN(Cc3cnn(C)c3)CC2)c1C. The van der Waals surface area contributed by atoms with E-state index in [-0.39, 0.29) is 5.91 Å². The topological polar surface area (TPSA) is 46.3 Å². The lowest BCUT2D eigenvalue weighted by atomic mass is 10.2. The largest absolute Gasteiger partial charge is 0.349 e. The predicted octanol–water partition coefficient (Wildman–Crippen LogP) is 2.21. The monoisotopic (exact) mass is 343 g/mol. The molecule has 3 rings (SSSR count). The van der Waals surface area contributed by atoms with Gasteiger partial charge in [0.15, 0.2) is 0 Å². The summed E-state index contributed by atoms with van der Waals surface area (Å²) in [4.78, 5) is 17.4. The van der Waals surface area contributed by atoms with Crippen molar-refractivity contribution in [3.8, 4) is 0 Å². The van der Waals surface area contributed by atoms with Crippen LogP contribution in [0.4, 0.5) is 0 Å². The van der Waals surface area contributed by atoms with Gasteiger partial charge in [0.25, 0.3) is 5.91 Å². The summed E-state index contributed by atoms with van der Waals surface area (Å²) in [5, 5.41) is 4.24. The molecular weight excluding hydrogens is 314 g/mol. The van der Waals surface area contributed by atoms with Crippen LogP contribution in [-0.2, 0) is 20.1 Å². The van der Waals surface area contributed by atoms with Gasteiger partial charge >= 0.3 is 0 Å². The Hall–Kier alpha value is -2.08. The van der Waals surface area contributed by atoms with Crippen LogP contribution in [0, 0.1) is 13.8 Å². The summed E-state index contributed by atoms with van der Waals surface area (Å²) in [6.07, 6.45) is 5.00. The first-order chi connectivity index (χ1) is 12.0. The molecule has 1 aliphatic rings. The lowest BCUT2D eigenvalue weighted by Gasteiger charge is -2.22. The van der Waals surface area contributed by atoms with E-state index in [0.29, 0.717) is 0 Å². The van der Waals surface area contributed by atoms with E-state index < -0.39 is 0 Å². The van der Waals surface area contributed by atoms with E-state index in [0.717, 1.165) is 62.6 Å². The first-order valence-electron chi connectivity index (χ1n) is 9.15. The number of rotatable bonds is 4. The van der Waals surface area contributed by atoms with Crippen molar-refractivity contribution in [2.45, 2.75) is 40.3 Å². The second kappa shape index (κ2) is 7.44. The maximum atomic E-state index is 13.0. The first-order valence-corrected chi connectivity index (χ1v) is 9.15. The van der Waals surface area contributed by atoms with Gasteiger partial charge in [-0.2, -0.15) is 5.10 Å². The van der Waals surface area contributed by atoms with Crippen molar-refractivity contribution in [3.63, 3.8) is 0 Å².